The Kier molecular flexibility index (Phi) is 13.4. The monoisotopic (exact) mass is 591 g/mol. The molecule has 2 aromatic carbocycles. The number of aromatic nitrogens is 1. The van der Waals surface area contributed by atoms with E-state index in [4.69, 9.17) is 16.3 Å². The number of urea groups is 1. The molecule has 0 saturated carbocycles. The molecule has 1 fully saturated rings. The number of ether oxygens (including phenoxy) is 1. The largest absolute Gasteiger partial charge is 0.494 e. The Balaban J connectivity index is 1.05. The van der Waals surface area contributed by atoms with Gasteiger partial charge in [0, 0.05) is 42.5 Å². The number of rotatable bonds is 16. The molecule has 1 saturated heterocycles. The van der Waals surface area contributed by atoms with Crippen molar-refractivity contribution in [2.45, 2.75) is 51.0 Å². The smallest absolute Gasteiger partial charge is 0.314 e. The second-order valence-corrected chi connectivity index (χ2v) is 11.6. The number of carbonyl (C=O) groups excluding carboxylic acids is 1. The fraction of sp³-hybridized carbons (Fsp3) is 0.471. The standard InChI is InChI=1S/C34H46ClN5O2/c1-39(25-18-32(33-9-3-4-19-36-33)29-12-14-30(35)15-13-29)22-7-20-37-34(41)38-21-8-26-42-31-16-10-28(11-17-31)27-40-23-5-2-6-24-40/h3-4,9-17,19,32H,2,5-8,18,20-27H2,1H3,(H2,37,38,41). The van der Waals surface area contributed by atoms with Gasteiger partial charge in [-0.1, -0.05) is 48.4 Å². The Morgan fingerprint density at radius 3 is 2.40 bits per heavy atom. The van der Waals surface area contributed by atoms with Crippen molar-refractivity contribution < 1.29 is 9.53 Å². The number of hydrogen-bond donors (Lipinski definition) is 2. The van der Waals surface area contributed by atoms with Crippen LogP contribution in [0.1, 0.15) is 61.3 Å². The van der Waals surface area contributed by atoms with E-state index in [1.807, 2.05) is 42.6 Å². The quantitative estimate of drug-likeness (QED) is 0.190. The number of carbonyl (C=O) groups is 1. The van der Waals surface area contributed by atoms with E-state index in [-0.39, 0.29) is 11.9 Å². The van der Waals surface area contributed by atoms with E-state index in [1.165, 1.54) is 43.5 Å². The van der Waals surface area contributed by atoms with Crippen molar-refractivity contribution in [1.82, 2.24) is 25.4 Å². The van der Waals surface area contributed by atoms with Crippen LogP contribution in [0.3, 0.4) is 0 Å². The summed E-state index contributed by atoms with van der Waals surface area (Å²) < 4.78 is 5.86. The van der Waals surface area contributed by atoms with Crippen LogP contribution in [-0.4, -0.2) is 73.7 Å². The summed E-state index contributed by atoms with van der Waals surface area (Å²) in [6.45, 7) is 7.05. The highest BCUT2D eigenvalue weighted by molar-refractivity contribution is 6.30. The fourth-order valence-electron chi connectivity index (χ4n) is 5.37. The summed E-state index contributed by atoms with van der Waals surface area (Å²) in [6, 6.07) is 22.4. The molecule has 2 heterocycles. The second kappa shape index (κ2) is 17.7. The van der Waals surface area contributed by atoms with Crippen molar-refractivity contribution in [3.63, 3.8) is 0 Å². The van der Waals surface area contributed by atoms with Crippen molar-refractivity contribution in [1.29, 1.82) is 0 Å². The van der Waals surface area contributed by atoms with Gasteiger partial charge in [0.2, 0.25) is 0 Å². The van der Waals surface area contributed by atoms with Crippen LogP contribution in [0.15, 0.2) is 72.9 Å². The summed E-state index contributed by atoms with van der Waals surface area (Å²) in [7, 11) is 2.12. The molecule has 1 atom stereocenters. The molecule has 226 valence electrons. The Morgan fingerprint density at radius 1 is 0.952 bits per heavy atom. The average Bonchev–Trinajstić information content (AvgIpc) is 3.02. The third-order valence-corrected chi connectivity index (χ3v) is 8.02. The lowest BCUT2D eigenvalue weighted by atomic mass is 9.92. The molecule has 1 unspecified atom stereocenters. The lowest BCUT2D eigenvalue weighted by Gasteiger charge is -2.26. The molecule has 2 N–H and O–H groups in total. The van der Waals surface area contributed by atoms with Gasteiger partial charge in [-0.3, -0.25) is 9.88 Å². The molecule has 2 amide bonds. The first-order valence-electron chi connectivity index (χ1n) is 15.4. The number of benzene rings is 2. The van der Waals surface area contributed by atoms with Gasteiger partial charge in [-0.05, 0) is 113 Å². The Morgan fingerprint density at radius 2 is 1.69 bits per heavy atom. The van der Waals surface area contributed by atoms with Crippen LogP contribution in [0.25, 0.3) is 0 Å². The first kappa shape index (κ1) is 31.8. The van der Waals surface area contributed by atoms with Crippen LogP contribution in [0.4, 0.5) is 4.79 Å². The summed E-state index contributed by atoms with van der Waals surface area (Å²) in [5.74, 6) is 1.09. The molecule has 0 bridgehead atoms. The number of nitrogens with one attached hydrogen (secondary N) is 2. The molecule has 7 nitrogen and oxygen atoms in total. The van der Waals surface area contributed by atoms with Gasteiger partial charge < -0.3 is 20.3 Å². The molecule has 1 aromatic heterocycles. The maximum Gasteiger partial charge on any atom is 0.314 e. The molecular formula is C34H46ClN5O2. The third-order valence-electron chi connectivity index (χ3n) is 7.77. The molecule has 4 rings (SSSR count). The SMILES string of the molecule is CN(CCCNC(=O)NCCCOc1ccc(CN2CCCCC2)cc1)CCC(c1ccc(Cl)cc1)c1ccccn1. The van der Waals surface area contributed by atoms with Crippen LogP contribution in [-0.2, 0) is 6.54 Å². The van der Waals surface area contributed by atoms with Crippen molar-refractivity contribution >= 4 is 17.6 Å². The lowest BCUT2D eigenvalue weighted by Crippen LogP contribution is -2.37. The van der Waals surface area contributed by atoms with Crippen LogP contribution in [0, 0.1) is 0 Å². The highest BCUT2D eigenvalue weighted by Gasteiger charge is 2.16. The molecule has 42 heavy (non-hydrogen) atoms. The number of pyridine rings is 1. The molecule has 3 aromatic rings. The maximum atomic E-state index is 12.2. The first-order valence-corrected chi connectivity index (χ1v) is 15.8. The fourth-order valence-corrected chi connectivity index (χ4v) is 5.49. The van der Waals surface area contributed by atoms with Gasteiger partial charge in [-0.15, -0.1) is 0 Å². The van der Waals surface area contributed by atoms with Crippen LogP contribution < -0.4 is 15.4 Å². The van der Waals surface area contributed by atoms with E-state index < -0.39 is 0 Å². The highest BCUT2D eigenvalue weighted by Crippen LogP contribution is 2.28. The van der Waals surface area contributed by atoms with E-state index >= 15 is 0 Å². The minimum atomic E-state index is -0.127. The highest BCUT2D eigenvalue weighted by atomic mass is 35.5. The topological polar surface area (TPSA) is 69.7 Å². The van der Waals surface area contributed by atoms with Crippen LogP contribution in [0.5, 0.6) is 5.75 Å². The van der Waals surface area contributed by atoms with Crippen molar-refractivity contribution in [3.05, 3.63) is 94.8 Å². The molecule has 0 spiro atoms. The molecule has 8 heteroatoms. The summed E-state index contributed by atoms with van der Waals surface area (Å²) in [4.78, 5) is 21.6. The van der Waals surface area contributed by atoms with Crippen molar-refractivity contribution in [2.24, 2.45) is 0 Å². The zero-order valence-electron chi connectivity index (χ0n) is 24.9. The molecule has 1 aliphatic heterocycles. The van der Waals surface area contributed by atoms with Gasteiger partial charge in [0.05, 0.1) is 6.61 Å². The lowest BCUT2D eigenvalue weighted by molar-refractivity contribution is 0.221. The zero-order chi connectivity index (χ0) is 29.4. The van der Waals surface area contributed by atoms with E-state index in [9.17, 15) is 4.79 Å². The van der Waals surface area contributed by atoms with E-state index in [0.29, 0.717) is 19.7 Å². The number of hydrogen-bond acceptors (Lipinski definition) is 5. The summed E-state index contributed by atoms with van der Waals surface area (Å²) in [5.41, 5.74) is 3.62. The van der Waals surface area contributed by atoms with Gasteiger partial charge in [-0.2, -0.15) is 0 Å². The van der Waals surface area contributed by atoms with Gasteiger partial charge in [-0.25, -0.2) is 4.79 Å². The average molecular weight is 592 g/mol. The van der Waals surface area contributed by atoms with Gasteiger partial charge in [0.25, 0.3) is 0 Å². The van der Waals surface area contributed by atoms with Gasteiger partial charge >= 0.3 is 6.03 Å². The summed E-state index contributed by atoms with van der Waals surface area (Å²) in [6.07, 6.45) is 8.43. The number of halogens is 1. The van der Waals surface area contributed by atoms with E-state index in [0.717, 1.165) is 55.4 Å². The zero-order valence-corrected chi connectivity index (χ0v) is 25.7. The van der Waals surface area contributed by atoms with Crippen molar-refractivity contribution in [2.75, 3.05) is 52.9 Å². The number of amides is 2. The second-order valence-electron chi connectivity index (χ2n) is 11.2. The number of likely N-dealkylation sites (tertiary alicyclic amines) is 1. The van der Waals surface area contributed by atoms with Crippen molar-refractivity contribution in [3.8, 4) is 5.75 Å². The van der Waals surface area contributed by atoms with Crippen LogP contribution >= 0.6 is 11.6 Å². The van der Waals surface area contributed by atoms with Crippen LogP contribution in [0.2, 0.25) is 5.02 Å². The van der Waals surface area contributed by atoms with E-state index in [1.54, 1.807) is 0 Å². The summed E-state index contributed by atoms with van der Waals surface area (Å²) >= 11 is 6.11. The van der Waals surface area contributed by atoms with E-state index in [2.05, 4.69) is 62.8 Å². The number of piperidine rings is 1. The molecule has 0 radical (unpaired) electrons. The molecule has 0 aliphatic carbocycles. The third kappa shape index (κ3) is 11.3. The predicted octanol–water partition coefficient (Wildman–Crippen LogP) is 6.33. The number of nitrogens with zero attached hydrogens (tertiary/aromatic N) is 3. The Bertz CT molecular complexity index is 1170. The normalized spacial score (nSPS) is 14.5. The van der Waals surface area contributed by atoms with Gasteiger partial charge in [0.1, 0.15) is 5.75 Å². The Hall–Kier alpha value is -3.13. The first-order chi connectivity index (χ1) is 20.6. The minimum Gasteiger partial charge on any atom is -0.494 e. The van der Waals surface area contributed by atoms with Gasteiger partial charge in [0.15, 0.2) is 0 Å². The maximum absolute atomic E-state index is 12.2. The predicted molar refractivity (Wildman–Crippen MR) is 171 cm³/mol. The summed E-state index contributed by atoms with van der Waals surface area (Å²) in [5, 5.41) is 6.63. The minimum absolute atomic E-state index is 0.127. The molecular weight excluding hydrogens is 546 g/mol. The molecule has 1 aliphatic rings. The Labute approximate surface area is 256 Å².